The lowest BCUT2D eigenvalue weighted by Gasteiger charge is -2.20. The maximum Gasteiger partial charge on any atom is 0.253 e. The van der Waals surface area contributed by atoms with Crippen LogP contribution in [0.15, 0.2) is 0 Å². The van der Waals surface area contributed by atoms with Crippen molar-refractivity contribution in [3.63, 3.8) is 0 Å². The van der Waals surface area contributed by atoms with E-state index in [0.717, 1.165) is 0 Å². The van der Waals surface area contributed by atoms with Gasteiger partial charge in [0.2, 0.25) is 0 Å². The predicted octanol–water partition coefficient (Wildman–Crippen LogP) is 0.665. The Morgan fingerprint density at radius 1 is 1.27 bits per heavy atom. The van der Waals surface area contributed by atoms with E-state index in [1.54, 1.807) is 0 Å². The Bertz CT molecular complexity index is 525. The Hall–Kier alpha value is -0.265. The summed E-state index contributed by atoms with van der Waals surface area (Å²) in [5.74, 6) is 0.600. The average Bonchev–Trinajstić information content (AvgIpc) is 2.51. The minimum absolute atomic E-state index is 0.0508. The molecule has 0 aliphatic rings. The molecule has 1 amide bonds. The molecule has 1 aromatic rings. The molecule has 0 saturated heterocycles. The van der Waals surface area contributed by atoms with Gasteiger partial charge in [0.15, 0.2) is 0 Å². The fraction of sp³-hybridized carbons (Fsp3) is 0.462. The van der Waals surface area contributed by atoms with E-state index >= 15 is 0 Å². The number of aliphatic hydroxyl groups is 2. The first-order valence-electron chi connectivity index (χ1n) is 6.31. The minimum Gasteiger partial charge on any atom is -0.495 e. The number of halogens is 2. The highest BCUT2D eigenvalue weighted by molar-refractivity contribution is 14.1. The van der Waals surface area contributed by atoms with E-state index in [1.165, 1.54) is 14.2 Å². The minimum atomic E-state index is -1.01. The van der Waals surface area contributed by atoms with Gasteiger partial charge in [0, 0.05) is 12.1 Å². The van der Waals surface area contributed by atoms with Crippen LogP contribution in [0.3, 0.4) is 0 Å². The first-order valence-corrected chi connectivity index (χ1v) is 8.47. The largest absolute Gasteiger partial charge is 0.495 e. The number of ether oxygens (including phenoxy) is 2. The molecule has 22 heavy (non-hydrogen) atoms. The number of hydrogen-bond acceptors (Lipinski definition) is 5. The van der Waals surface area contributed by atoms with Crippen molar-refractivity contribution in [1.82, 2.24) is 5.32 Å². The smallest absolute Gasteiger partial charge is 0.253 e. The van der Waals surface area contributed by atoms with Crippen molar-refractivity contribution >= 4 is 58.9 Å². The van der Waals surface area contributed by atoms with Crippen LogP contribution in [-0.2, 0) is 6.32 Å². The van der Waals surface area contributed by atoms with E-state index < -0.39 is 12.7 Å². The zero-order valence-electron chi connectivity index (χ0n) is 12.2. The summed E-state index contributed by atoms with van der Waals surface area (Å²) in [5.41, 5.74) is 1.07. The van der Waals surface area contributed by atoms with Crippen molar-refractivity contribution in [3.05, 3.63) is 18.3 Å². The molecule has 0 aromatic heterocycles. The number of methoxy groups -OCH3 is 2. The summed E-state index contributed by atoms with van der Waals surface area (Å²) in [6, 6.07) is 0. The Kier molecular flexibility index (Phi) is 8.21. The molecule has 0 spiro atoms. The van der Waals surface area contributed by atoms with Crippen LogP contribution >= 0.6 is 45.2 Å². The van der Waals surface area contributed by atoms with Crippen LogP contribution in [0, 0.1) is 7.14 Å². The highest BCUT2D eigenvalue weighted by Gasteiger charge is 2.26. The molecule has 1 unspecified atom stereocenters. The van der Waals surface area contributed by atoms with Crippen LogP contribution in [0.2, 0.25) is 0 Å². The lowest BCUT2D eigenvalue weighted by atomic mass is 9.94. The molecule has 9 heteroatoms. The molecule has 2 radical (unpaired) electrons. The average molecular weight is 531 g/mol. The number of carbonyl (C=O) groups is 1. The molecular formula is C13H16BI2NO5. The van der Waals surface area contributed by atoms with Gasteiger partial charge in [0.1, 0.15) is 11.5 Å². The highest BCUT2D eigenvalue weighted by atomic mass is 127. The Balaban J connectivity index is 3.32. The summed E-state index contributed by atoms with van der Waals surface area (Å²) in [6.07, 6.45) is -0.796. The van der Waals surface area contributed by atoms with Crippen LogP contribution in [0.25, 0.3) is 0 Å². The fourth-order valence-electron chi connectivity index (χ4n) is 1.87. The van der Waals surface area contributed by atoms with E-state index in [1.807, 2.05) is 45.2 Å². The molecule has 0 heterocycles. The zero-order valence-corrected chi connectivity index (χ0v) is 16.5. The SMILES string of the molecule is [B]Cc1c(OC)c(I)c(C(=O)NCC(O)CO)c(I)c1OC. The maximum atomic E-state index is 12.4. The predicted molar refractivity (Wildman–Crippen MR) is 99.9 cm³/mol. The fourth-order valence-corrected chi connectivity index (χ4v) is 4.50. The van der Waals surface area contributed by atoms with Crippen molar-refractivity contribution in [2.24, 2.45) is 0 Å². The van der Waals surface area contributed by atoms with Crippen molar-refractivity contribution < 1.29 is 24.5 Å². The Labute approximate surface area is 157 Å². The van der Waals surface area contributed by atoms with Gasteiger partial charge in [0.25, 0.3) is 5.91 Å². The number of hydrogen-bond donors (Lipinski definition) is 3. The third kappa shape index (κ3) is 4.17. The van der Waals surface area contributed by atoms with Crippen LogP contribution < -0.4 is 14.8 Å². The molecule has 1 rings (SSSR count). The molecule has 6 nitrogen and oxygen atoms in total. The lowest BCUT2D eigenvalue weighted by molar-refractivity contribution is 0.0800. The normalized spacial score (nSPS) is 11.9. The maximum absolute atomic E-state index is 12.4. The Morgan fingerprint density at radius 2 is 1.77 bits per heavy atom. The van der Waals surface area contributed by atoms with Crippen molar-refractivity contribution in [2.75, 3.05) is 27.4 Å². The topological polar surface area (TPSA) is 88.0 Å². The molecule has 0 fully saturated rings. The molecule has 0 bridgehead atoms. The molecule has 0 aliphatic heterocycles. The standard InChI is InChI=1S/C13H16BI2NO5/c1-21-11-7(3-14)12(22-2)10(16)8(9(11)15)13(20)17-4-6(19)5-18/h6,18-19H,3-5H2,1-2H3,(H,17,20). The van der Waals surface area contributed by atoms with E-state index in [2.05, 4.69) is 5.32 Å². The van der Waals surface area contributed by atoms with Crippen molar-refractivity contribution in [1.29, 1.82) is 0 Å². The Morgan fingerprint density at radius 3 is 2.14 bits per heavy atom. The van der Waals surface area contributed by atoms with Crippen molar-refractivity contribution in [3.8, 4) is 11.5 Å². The van der Waals surface area contributed by atoms with E-state index in [9.17, 15) is 9.90 Å². The molecule has 1 atom stereocenters. The van der Waals surface area contributed by atoms with Crippen LogP contribution in [0.5, 0.6) is 11.5 Å². The van der Waals surface area contributed by atoms with Gasteiger partial charge < -0.3 is 25.0 Å². The summed E-state index contributed by atoms with van der Waals surface area (Å²) in [7, 11) is 8.76. The molecular weight excluding hydrogens is 515 g/mol. The zero-order chi connectivity index (χ0) is 16.9. The van der Waals surface area contributed by atoms with Gasteiger partial charge in [0.05, 0.1) is 47.5 Å². The molecule has 0 aliphatic carbocycles. The number of aliphatic hydroxyl groups excluding tert-OH is 2. The highest BCUT2D eigenvalue weighted by Crippen LogP contribution is 2.40. The lowest BCUT2D eigenvalue weighted by Crippen LogP contribution is -2.34. The second-order valence-electron chi connectivity index (χ2n) is 4.30. The number of benzene rings is 1. The first-order chi connectivity index (χ1) is 10.4. The van der Waals surface area contributed by atoms with Crippen LogP contribution in [0.1, 0.15) is 15.9 Å². The second-order valence-corrected chi connectivity index (χ2v) is 6.46. The van der Waals surface area contributed by atoms with Gasteiger partial charge in [-0.05, 0) is 45.2 Å². The van der Waals surface area contributed by atoms with Gasteiger partial charge in [-0.15, -0.1) is 0 Å². The number of amides is 1. The summed E-state index contributed by atoms with van der Waals surface area (Å²) < 4.78 is 11.9. The van der Waals surface area contributed by atoms with Gasteiger partial charge in [-0.25, -0.2) is 0 Å². The third-order valence-corrected chi connectivity index (χ3v) is 4.99. The molecule has 120 valence electrons. The summed E-state index contributed by atoms with van der Waals surface area (Å²) in [4.78, 5) is 12.4. The summed E-state index contributed by atoms with van der Waals surface area (Å²) >= 11 is 4.03. The quantitative estimate of drug-likeness (QED) is 0.356. The van der Waals surface area contributed by atoms with Crippen LogP contribution in [-0.4, -0.2) is 57.4 Å². The first kappa shape index (κ1) is 19.8. The number of nitrogens with one attached hydrogen (secondary N) is 1. The summed E-state index contributed by atoms with van der Waals surface area (Å²) in [6.45, 7) is -0.474. The van der Waals surface area contributed by atoms with Gasteiger partial charge in [-0.3, -0.25) is 4.79 Å². The van der Waals surface area contributed by atoms with Crippen LogP contribution in [0.4, 0.5) is 0 Å². The monoisotopic (exact) mass is 531 g/mol. The molecule has 1 aromatic carbocycles. The third-order valence-electron chi connectivity index (χ3n) is 2.93. The summed E-state index contributed by atoms with van der Waals surface area (Å²) in [5, 5.41) is 20.7. The van der Waals surface area contributed by atoms with Gasteiger partial charge in [-0.1, -0.05) is 6.32 Å². The van der Waals surface area contributed by atoms with E-state index in [4.69, 9.17) is 22.4 Å². The van der Waals surface area contributed by atoms with E-state index in [0.29, 0.717) is 29.8 Å². The molecule has 0 saturated carbocycles. The number of carbonyl (C=O) groups excluding carboxylic acids is 1. The van der Waals surface area contributed by atoms with Gasteiger partial charge in [-0.2, -0.15) is 0 Å². The number of rotatable bonds is 7. The van der Waals surface area contributed by atoms with Crippen molar-refractivity contribution in [2.45, 2.75) is 12.4 Å². The van der Waals surface area contributed by atoms with E-state index in [-0.39, 0.29) is 18.8 Å². The molecule has 3 N–H and O–H groups in total. The second kappa shape index (κ2) is 9.13. The van der Waals surface area contributed by atoms with Gasteiger partial charge >= 0.3 is 0 Å².